The lowest BCUT2D eigenvalue weighted by Crippen LogP contribution is -2.00. The Bertz CT molecular complexity index is 820. The average Bonchev–Trinajstić information content (AvgIpc) is 3.21. The summed E-state index contributed by atoms with van der Waals surface area (Å²) in [4.78, 5) is 4.61. The minimum absolute atomic E-state index is 0.575. The van der Waals surface area contributed by atoms with E-state index in [4.69, 9.17) is 0 Å². The van der Waals surface area contributed by atoms with Crippen LogP contribution >= 0.6 is 23.3 Å². The third kappa shape index (κ3) is 3.07. The molecule has 0 saturated heterocycles. The molecule has 2 heterocycles. The third-order valence-corrected chi connectivity index (χ3v) is 5.35. The summed E-state index contributed by atoms with van der Waals surface area (Å²) in [5.41, 5.74) is 1.05. The van der Waals surface area contributed by atoms with Crippen molar-refractivity contribution in [2.45, 2.75) is 34.8 Å². The lowest BCUT2D eigenvalue weighted by Gasteiger charge is -2.06. The number of rotatable bonds is 6. The Labute approximate surface area is 142 Å². The number of aromatic nitrogens is 5. The summed E-state index contributed by atoms with van der Waals surface area (Å²) >= 11 is 2.96. The highest BCUT2D eigenvalue weighted by molar-refractivity contribution is 8.00. The molecule has 2 aromatic heterocycles. The maximum atomic E-state index is 4.61. The lowest BCUT2D eigenvalue weighted by molar-refractivity contribution is 0.731. The number of allylic oxidation sites excluding steroid dienone is 1. The molecule has 23 heavy (non-hydrogen) atoms. The first-order chi connectivity index (χ1) is 11.3. The highest BCUT2D eigenvalue weighted by atomic mass is 32.2. The molecule has 0 atom stereocenters. The Hall–Kier alpha value is -1.99. The van der Waals surface area contributed by atoms with Crippen molar-refractivity contribution in [2.24, 2.45) is 0 Å². The molecule has 1 aliphatic carbocycles. The van der Waals surface area contributed by atoms with Crippen LogP contribution in [0, 0.1) is 0 Å². The fourth-order valence-corrected chi connectivity index (χ4v) is 3.93. The molecule has 0 bridgehead atoms. The summed E-state index contributed by atoms with van der Waals surface area (Å²) in [6.45, 7) is 4.50. The lowest BCUT2D eigenvalue weighted by atomic mass is 10.2. The molecular formula is C16H15N5S2. The first kappa shape index (κ1) is 14.6. The van der Waals surface area contributed by atoms with Crippen molar-refractivity contribution in [2.75, 3.05) is 0 Å². The van der Waals surface area contributed by atoms with Crippen LogP contribution in [0.15, 0.2) is 52.5 Å². The maximum absolute atomic E-state index is 4.61. The summed E-state index contributed by atoms with van der Waals surface area (Å²) in [5, 5.41) is 9.52. The Morgan fingerprint density at radius 2 is 2.09 bits per heavy atom. The van der Waals surface area contributed by atoms with Crippen molar-refractivity contribution in [1.82, 2.24) is 24.1 Å². The van der Waals surface area contributed by atoms with Crippen LogP contribution < -0.4 is 0 Å². The monoisotopic (exact) mass is 341 g/mol. The van der Waals surface area contributed by atoms with Gasteiger partial charge in [0.05, 0.1) is 0 Å². The number of hydrogen-bond acceptors (Lipinski definition) is 6. The summed E-state index contributed by atoms with van der Waals surface area (Å²) in [6.07, 6.45) is 4.28. The van der Waals surface area contributed by atoms with Gasteiger partial charge in [0.1, 0.15) is 5.82 Å². The Balaban J connectivity index is 1.64. The summed E-state index contributed by atoms with van der Waals surface area (Å²) in [6, 6.07) is 10.1. The van der Waals surface area contributed by atoms with Gasteiger partial charge in [-0.1, -0.05) is 36.4 Å². The maximum Gasteiger partial charge on any atom is 0.198 e. The van der Waals surface area contributed by atoms with E-state index in [0.717, 1.165) is 26.7 Å². The van der Waals surface area contributed by atoms with Crippen LogP contribution in [0.2, 0.25) is 0 Å². The molecule has 116 valence electrons. The minimum Gasteiger partial charge on any atom is -0.298 e. The van der Waals surface area contributed by atoms with E-state index in [9.17, 15) is 0 Å². The molecule has 0 unspecified atom stereocenters. The Kier molecular flexibility index (Phi) is 3.97. The number of hydrogen-bond donors (Lipinski definition) is 0. The first-order valence-electron chi connectivity index (χ1n) is 7.46. The van der Waals surface area contributed by atoms with Crippen LogP contribution in [0.4, 0.5) is 0 Å². The third-order valence-electron chi connectivity index (χ3n) is 3.60. The average molecular weight is 341 g/mol. The zero-order valence-corrected chi connectivity index (χ0v) is 14.1. The van der Waals surface area contributed by atoms with Crippen molar-refractivity contribution in [1.29, 1.82) is 0 Å². The second-order valence-corrected chi connectivity index (χ2v) is 7.33. The van der Waals surface area contributed by atoms with Gasteiger partial charge in [0.25, 0.3) is 0 Å². The Morgan fingerprint density at radius 3 is 2.83 bits per heavy atom. The first-order valence-corrected chi connectivity index (χ1v) is 9.05. The molecule has 0 spiro atoms. The van der Waals surface area contributed by atoms with Crippen LogP contribution in [0.5, 0.6) is 0 Å². The molecule has 1 aliphatic rings. The van der Waals surface area contributed by atoms with Crippen LogP contribution in [0.25, 0.3) is 11.4 Å². The van der Waals surface area contributed by atoms with E-state index < -0.39 is 0 Å². The fraction of sp³-hybridized carbons (Fsp3) is 0.250. The molecule has 0 amide bonds. The van der Waals surface area contributed by atoms with Gasteiger partial charge in [-0.3, -0.25) is 4.57 Å². The van der Waals surface area contributed by atoms with Gasteiger partial charge in [-0.05, 0) is 36.1 Å². The van der Waals surface area contributed by atoms with E-state index >= 15 is 0 Å². The summed E-state index contributed by atoms with van der Waals surface area (Å²) in [7, 11) is 0. The molecule has 0 N–H and O–H groups in total. The zero-order chi connectivity index (χ0) is 15.6. The highest BCUT2D eigenvalue weighted by Gasteiger charge is 2.28. The highest BCUT2D eigenvalue weighted by Crippen LogP contribution is 2.40. The van der Waals surface area contributed by atoms with Crippen LogP contribution in [-0.2, 0) is 6.54 Å². The zero-order valence-electron chi connectivity index (χ0n) is 12.4. The van der Waals surface area contributed by atoms with E-state index in [0.29, 0.717) is 12.5 Å². The molecule has 5 nitrogen and oxygen atoms in total. The van der Waals surface area contributed by atoms with Crippen LogP contribution in [0.3, 0.4) is 0 Å². The molecule has 7 heteroatoms. The van der Waals surface area contributed by atoms with Gasteiger partial charge in [0.15, 0.2) is 15.3 Å². The van der Waals surface area contributed by atoms with Crippen LogP contribution in [-0.4, -0.2) is 24.1 Å². The Morgan fingerprint density at radius 1 is 1.26 bits per heavy atom. The van der Waals surface area contributed by atoms with Crippen molar-refractivity contribution >= 4 is 23.3 Å². The summed E-state index contributed by atoms with van der Waals surface area (Å²) < 4.78 is 7.43. The van der Waals surface area contributed by atoms with Gasteiger partial charge >= 0.3 is 0 Å². The molecule has 1 aromatic carbocycles. The predicted octanol–water partition coefficient (Wildman–Crippen LogP) is 4.01. The normalized spacial score (nSPS) is 14.1. The van der Waals surface area contributed by atoms with Gasteiger partial charge in [-0.2, -0.15) is 4.37 Å². The van der Waals surface area contributed by atoms with Gasteiger partial charge in [0.2, 0.25) is 0 Å². The van der Waals surface area contributed by atoms with E-state index in [2.05, 4.69) is 30.7 Å². The smallest absolute Gasteiger partial charge is 0.198 e. The predicted molar refractivity (Wildman–Crippen MR) is 91.7 cm³/mol. The fourth-order valence-electron chi connectivity index (χ4n) is 2.31. The van der Waals surface area contributed by atoms with E-state index in [1.165, 1.54) is 36.1 Å². The van der Waals surface area contributed by atoms with Gasteiger partial charge in [-0.15, -0.1) is 16.8 Å². The van der Waals surface area contributed by atoms with Crippen molar-refractivity contribution in [3.8, 4) is 11.4 Å². The SMILES string of the molecule is C=CCn1c(Sc2nc(C3CC3)ns2)nnc1-c1ccccc1. The van der Waals surface area contributed by atoms with E-state index in [1.807, 2.05) is 36.4 Å². The minimum atomic E-state index is 0.575. The molecule has 4 rings (SSSR count). The molecule has 3 aromatic rings. The van der Waals surface area contributed by atoms with Crippen molar-refractivity contribution < 1.29 is 0 Å². The van der Waals surface area contributed by atoms with E-state index in [1.54, 1.807) is 0 Å². The standard InChI is InChI=1S/C16H15N5S2/c1-2-10-21-14(12-6-4-3-5-7-12)18-19-15(21)22-16-17-13(20-23-16)11-8-9-11/h2-7,11H,1,8-10H2. The molecule has 0 aliphatic heterocycles. The van der Waals surface area contributed by atoms with Gasteiger partial charge in [-0.25, -0.2) is 4.98 Å². The molecule has 1 fully saturated rings. The molecular weight excluding hydrogens is 326 g/mol. The largest absolute Gasteiger partial charge is 0.298 e. The molecule has 1 saturated carbocycles. The quantitative estimate of drug-likeness (QED) is 0.634. The second kappa shape index (κ2) is 6.25. The van der Waals surface area contributed by atoms with Gasteiger partial charge < -0.3 is 0 Å². The van der Waals surface area contributed by atoms with E-state index in [-0.39, 0.29) is 0 Å². The topological polar surface area (TPSA) is 56.5 Å². The second-order valence-electron chi connectivity index (χ2n) is 5.37. The van der Waals surface area contributed by atoms with Crippen molar-refractivity contribution in [3.05, 3.63) is 48.8 Å². The number of benzene rings is 1. The summed E-state index contributed by atoms with van der Waals surface area (Å²) in [5.74, 6) is 2.40. The number of nitrogens with zero attached hydrogens (tertiary/aromatic N) is 5. The van der Waals surface area contributed by atoms with Gasteiger partial charge in [0, 0.05) is 18.0 Å². The van der Waals surface area contributed by atoms with Crippen molar-refractivity contribution in [3.63, 3.8) is 0 Å². The molecule has 0 radical (unpaired) electrons. The van der Waals surface area contributed by atoms with Crippen LogP contribution in [0.1, 0.15) is 24.6 Å².